The first-order valence-electron chi connectivity index (χ1n) is 6.90. The number of carbonyl (C=O) groups is 1. The second-order valence-corrected chi connectivity index (χ2v) is 5.17. The summed E-state index contributed by atoms with van der Waals surface area (Å²) in [6, 6.07) is 2.65. The second kappa shape index (κ2) is 6.59. The van der Waals surface area contributed by atoms with Crippen LogP contribution in [0.25, 0.3) is 0 Å². The number of phenols is 2. The molecule has 9 nitrogen and oxygen atoms in total. The van der Waals surface area contributed by atoms with Crippen molar-refractivity contribution in [2.45, 2.75) is 44.1 Å². The van der Waals surface area contributed by atoms with E-state index in [9.17, 15) is 30.3 Å². The molecule has 1 heterocycles. The zero-order valence-corrected chi connectivity index (χ0v) is 12.2. The lowest BCUT2D eigenvalue weighted by molar-refractivity contribution is -0.271. The fraction of sp³-hybridized carbons (Fsp3) is 0.500. The van der Waals surface area contributed by atoms with Crippen molar-refractivity contribution in [1.29, 1.82) is 0 Å². The molecule has 1 aromatic rings. The average Bonchev–Trinajstić information content (AvgIpc) is 2.49. The van der Waals surface area contributed by atoms with Crippen LogP contribution >= 0.6 is 0 Å². The van der Waals surface area contributed by atoms with Gasteiger partial charge in [0.2, 0.25) is 12.0 Å². The van der Waals surface area contributed by atoms with Gasteiger partial charge in [-0.3, -0.25) is 0 Å². The van der Waals surface area contributed by atoms with E-state index in [2.05, 4.69) is 0 Å². The molecule has 5 unspecified atom stereocenters. The number of hydrogen-bond acceptors (Lipinski definition) is 8. The maximum absolute atomic E-state index is 11.0. The zero-order valence-electron chi connectivity index (χ0n) is 12.2. The van der Waals surface area contributed by atoms with Gasteiger partial charge in [-0.15, -0.1) is 0 Å². The Kier molecular flexibility index (Phi) is 4.95. The molecule has 2 rings (SSSR count). The topological polar surface area (TPSA) is 157 Å². The Labute approximate surface area is 130 Å². The van der Waals surface area contributed by atoms with E-state index in [1.165, 1.54) is 12.1 Å². The van der Waals surface area contributed by atoms with Gasteiger partial charge in [0.1, 0.15) is 18.3 Å². The van der Waals surface area contributed by atoms with Gasteiger partial charge in [0.05, 0.1) is 0 Å². The smallest absolute Gasteiger partial charge is 0.335 e. The van der Waals surface area contributed by atoms with Gasteiger partial charge in [-0.2, -0.15) is 0 Å². The Morgan fingerprint density at radius 2 is 1.70 bits per heavy atom. The molecule has 1 aliphatic heterocycles. The van der Waals surface area contributed by atoms with Gasteiger partial charge in [0.15, 0.2) is 17.6 Å². The van der Waals surface area contributed by atoms with Crippen LogP contribution in [0.2, 0.25) is 0 Å². The third kappa shape index (κ3) is 3.32. The number of aliphatic carboxylic acids is 1. The summed E-state index contributed by atoms with van der Waals surface area (Å²) in [6.45, 7) is 1.80. The molecule has 0 spiro atoms. The number of aromatic hydroxyl groups is 2. The minimum absolute atomic E-state index is 0.432. The van der Waals surface area contributed by atoms with Crippen molar-refractivity contribution in [3.8, 4) is 17.2 Å². The van der Waals surface area contributed by atoms with Crippen molar-refractivity contribution in [3.05, 3.63) is 17.7 Å². The maximum Gasteiger partial charge on any atom is 0.335 e. The predicted molar refractivity (Wildman–Crippen MR) is 74.1 cm³/mol. The van der Waals surface area contributed by atoms with E-state index in [0.717, 1.165) is 0 Å². The molecule has 1 aliphatic rings. The number of rotatable bonds is 4. The Morgan fingerprint density at radius 3 is 2.17 bits per heavy atom. The molecule has 5 atom stereocenters. The summed E-state index contributed by atoms with van der Waals surface area (Å²) >= 11 is 0. The third-order valence-electron chi connectivity index (χ3n) is 3.56. The van der Waals surface area contributed by atoms with E-state index in [1.54, 1.807) is 6.92 Å². The van der Waals surface area contributed by atoms with E-state index in [-0.39, 0.29) is 0 Å². The standard InChI is InChI=1S/C14H18O9/c1-2-5-3-6(15)11(7(16)4-5)22-14-10(19)8(17)9(18)12(23-14)13(20)21/h3-4,8-10,12,14-19H,2H2,1H3,(H,20,21). The fourth-order valence-electron chi connectivity index (χ4n) is 2.25. The van der Waals surface area contributed by atoms with Crippen LogP contribution < -0.4 is 4.74 Å². The highest BCUT2D eigenvalue weighted by molar-refractivity contribution is 5.73. The van der Waals surface area contributed by atoms with Crippen LogP contribution in [0.1, 0.15) is 12.5 Å². The molecule has 0 saturated carbocycles. The lowest BCUT2D eigenvalue weighted by Gasteiger charge is -2.38. The summed E-state index contributed by atoms with van der Waals surface area (Å²) in [4.78, 5) is 11.0. The normalized spacial score (nSPS) is 30.9. The molecule has 0 aromatic heterocycles. The summed E-state index contributed by atoms with van der Waals surface area (Å²) in [5, 5.41) is 57.8. The third-order valence-corrected chi connectivity index (χ3v) is 3.56. The monoisotopic (exact) mass is 330 g/mol. The van der Waals surface area contributed by atoms with Gasteiger partial charge < -0.3 is 40.1 Å². The van der Waals surface area contributed by atoms with Crippen LogP contribution in [-0.2, 0) is 16.0 Å². The van der Waals surface area contributed by atoms with Crippen molar-refractivity contribution in [3.63, 3.8) is 0 Å². The SMILES string of the molecule is CCc1cc(O)c(OC2OC(C(=O)O)C(O)C(O)C2O)c(O)c1. The lowest BCUT2D eigenvalue weighted by Crippen LogP contribution is -2.61. The van der Waals surface area contributed by atoms with Gasteiger partial charge in [0.25, 0.3) is 0 Å². The number of hydrogen-bond donors (Lipinski definition) is 6. The first-order chi connectivity index (χ1) is 10.8. The van der Waals surface area contributed by atoms with Crippen LogP contribution in [0.3, 0.4) is 0 Å². The quantitative estimate of drug-likeness (QED) is 0.404. The molecule has 0 aliphatic carbocycles. The molecule has 1 saturated heterocycles. The molecular formula is C14H18O9. The Hall–Kier alpha value is -2.07. The highest BCUT2D eigenvalue weighted by Gasteiger charge is 2.48. The molecule has 6 N–H and O–H groups in total. The molecule has 1 aromatic carbocycles. The number of aryl methyl sites for hydroxylation is 1. The Balaban J connectivity index is 2.26. The first-order valence-corrected chi connectivity index (χ1v) is 6.90. The Morgan fingerprint density at radius 1 is 1.13 bits per heavy atom. The van der Waals surface area contributed by atoms with Gasteiger partial charge in [-0.05, 0) is 24.1 Å². The minimum atomic E-state index is -1.85. The van der Waals surface area contributed by atoms with Crippen LogP contribution in [-0.4, -0.2) is 67.3 Å². The van der Waals surface area contributed by atoms with Gasteiger partial charge in [0, 0.05) is 0 Å². The summed E-state index contributed by atoms with van der Waals surface area (Å²) in [6.07, 6.45) is -8.49. The summed E-state index contributed by atoms with van der Waals surface area (Å²) in [7, 11) is 0. The van der Waals surface area contributed by atoms with Crippen LogP contribution in [0.15, 0.2) is 12.1 Å². The van der Waals surface area contributed by atoms with Crippen LogP contribution in [0, 0.1) is 0 Å². The highest BCUT2D eigenvalue weighted by atomic mass is 16.7. The van der Waals surface area contributed by atoms with Gasteiger partial charge >= 0.3 is 5.97 Å². The number of aliphatic hydroxyl groups is 3. The minimum Gasteiger partial charge on any atom is -0.504 e. The summed E-state index contributed by atoms with van der Waals surface area (Å²) < 4.78 is 10.0. The van der Waals surface area contributed by atoms with Crippen molar-refractivity contribution >= 4 is 5.97 Å². The number of phenolic OH excluding ortho intramolecular Hbond substituents is 2. The first kappa shape index (κ1) is 17.3. The summed E-state index contributed by atoms with van der Waals surface area (Å²) in [5.74, 6) is -2.87. The van der Waals surface area contributed by atoms with Crippen LogP contribution in [0.5, 0.6) is 17.2 Å². The zero-order chi connectivity index (χ0) is 17.3. The number of carboxylic acid groups (broad SMARTS) is 1. The van der Waals surface area contributed by atoms with Crippen molar-refractivity contribution < 1.29 is 44.9 Å². The molecule has 0 radical (unpaired) electrons. The molecule has 128 valence electrons. The van der Waals surface area contributed by atoms with Gasteiger partial charge in [-0.1, -0.05) is 6.92 Å². The van der Waals surface area contributed by atoms with E-state index in [0.29, 0.717) is 12.0 Å². The van der Waals surface area contributed by atoms with Crippen molar-refractivity contribution in [2.75, 3.05) is 0 Å². The van der Waals surface area contributed by atoms with E-state index in [4.69, 9.17) is 14.6 Å². The largest absolute Gasteiger partial charge is 0.504 e. The highest BCUT2D eigenvalue weighted by Crippen LogP contribution is 2.39. The number of ether oxygens (including phenoxy) is 2. The van der Waals surface area contributed by atoms with E-state index in [1.807, 2.05) is 0 Å². The summed E-state index contributed by atoms with van der Waals surface area (Å²) in [5.41, 5.74) is 0.622. The molecule has 1 fully saturated rings. The molecular weight excluding hydrogens is 312 g/mol. The van der Waals surface area contributed by atoms with Gasteiger partial charge in [-0.25, -0.2) is 4.79 Å². The van der Waals surface area contributed by atoms with E-state index >= 15 is 0 Å². The van der Waals surface area contributed by atoms with Crippen LogP contribution in [0.4, 0.5) is 0 Å². The fourth-order valence-corrected chi connectivity index (χ4v) is 2.25. The Bertz CT molecular complexity index is 565. The number of aliphatic hydroxyl groups excluding tert-OH is 3. The molecule has 23 heavy (non-hydrogen) atoms. The molecule has 0 amide bonds. The van der Waals surface area contributed by atoms with E-state index < -0.39 is 53.9 Å². The van der Waals surface area contributed by atoms with Crippen molar-refractivity contribution in [2.24, 2.45) is 0 Å². The molecule has 0 bridgehead atoms. The van der Waals surface area contributed by atoms with Crippen molar-refractivity contribution in [1.82, 2.24) is 0 Å². The maximum atomic E-state index is 11.0. The average molecular weight is 330 g/mol. The lowest BCUT2D eigenvalue weighted by atomic mass is 9.99. The number of carboxylic acids is 1. The second-order valence-electron chi connectivity index (χ2n) is 5.17. The number of benzene rings is 1. The predicted octanol–water partition coefficient (Wildman–Crippen LogP) is -1.07. The molecule has 9 heteroatoms.